The second-order valence-electron chi connectivity index (χ2n) is 7.20. The van der Waals surface area contributed by atoms with Crippen molar-refractivity contribution >= 4 is 17.5 Å². The fourth-order valence-corrected chi connectivity index (χ4v) is 3.93. The van der Waals surface area contributed by atoms with E-state index >= 15 is 0 Å². The summed E-state index contributed by atoms with van der Waals surface area (Å²) in [5.74, 6) is -1.66. The van der Waals surface area contributed by atoms with Crippen LogP contribution in [-0.4, -0.2) is 42.9 Å². The number of hydrogen-bond donors (Lipinski definition) is 1. The molecule has 0 aliphatic carbocycles. The summed E-state index contributed by atoms with van der Waals surface area (Å²) < 4.78 is 27.6. The van der Waals surface area contributed by atoms with Crippen molar-refractivity contribution in [3.63, 3.8) is 0 Å². The Hall–Kier alpha value is -2.80. The molecule has 28 heavy (non-hydrogen) atoms. The first-order valence-electron chi connectivity index (χ1n) is 9.35. The Morgan fingerprint density at radius 1 is 1.07 bits per heavy atom. The SMILES string of the molecule is O=C(C1CC(=O)N(c2ccccc2F)C1)N1CCNC(c2cccc(F)c2)C1. The van der Waals surface area contributed by atoms with Gasteiger partial charge in [0.15, 0.2) is 0 Å². The molecule has 7 heteroatoms. The Labute approximate surface area is 161 Å². The van der Waals surface area contributed by atoms with Crippen molar-refractivity contribution in [3.05, 3.63) is 65.7 Å². The molecule has 0 bridgehead atoms. The zero-order valence-electron chi connectivity index (χ0n) is 15.3. The predicted octanol–water partition coefficient (Wildman–Crippen LogP) is 2.49. The highest BCUT2D eigenvalue weighted by molar-refractivity contribution is 6.00. The van der Waals surface area contributed by atoms with Gasteiger partial charge in [-0.1, -0.05) is 24.3 Å². The number of carbonyl (C=O) groups excluding carboxylic acids is 2. The number of piperazine rings is 1. The molecule has 2 unspecified atom stereocenters. The molecule has 2 saturated heterocycles. The van der Waals surface area contributed by atoms with Crippen molar-refractivity contribution in [2.75, 3.05) is 31.1 Å². The van der Waals surface area contributed by atoms with Crippen LogP contribution in [0.2, 0.25) is 0 Å². The Balaban J connectivity index is 1.46. The largest absolute Gasteiger partial charge is 0.339 e. The molecule has 0 saturated carbocycles. The van der Waals surface area contributed by atoms with Crippen LogP contribution in [0.5, 0.6) is 0 Å². The van der Waals surface area contributed by atoms with E-state index in [4.69, 9.17) is 0 Å². The summed E-state index contributed by atoms with van der Waals surface area (Å²) in [6.45, 7) is 1.69. The topological polar surface area (TPSA) is 52.7 Å². The molecule has 2 aliphatic rings. The highest BCUT2D eigenvalue weighted by Gasteiger charge is 2.39. The molecular formula is C21H21F2N3O2. The molecule has 0 radical (unpaired) electrons. The first-order valence-corrected chi connectivity index (χ1v) is 9.35. The summed E-state index contributed by atoms with van der Waals surface area (Å²) >= 11 is 0. The standard InChI is InChI=1S/C21H21F2N3O2/c22-16-5-3-4-14(10-16)18-13-25(9-8-24-18)21(28)15-11-20(27)26(12-15)19-7-2-1-6-17(19)23/h1-7,10,15,18,24H,8-9,11-13H2. The molecular weight excluding hydrogens is 364 g/mol. The maximum Gasteiger partial charge on any atom is 0.228 e. The highest BCUT2D eigenvalue weighted by Crippen LogP contribution is 2.29. The zero-order valence-corrected chi connectivity index (χ0v) is 15.3. The van der Waals surface area contributed by atoms with E-state index in [1.54, 1.807) is 29.2 Å². The Morgan fingerprint density at radius 3 is 2.68 bits per heavy atom. The Bertz CT molecular complexity index is 905. The van der Waals surface area contributed by atoms with Crippen LogP contribution in [0.25, 0.3) is 0 Å². The molecule has 2 aromatic carbocycles. The lowest BCUT2D eigenvalue weighted by Crippen LogP contribution is -2.50. The van der Waals surface area contributed by atoms with Crippen molar-refractivity contribution < 1.29 is 18.4 Å². The summed E-state index contributed by atoms with van der Waals surface area (Å²) in [4.78, 5) is 28.5. The Morgan fingerprint density at radius 2 is 1.89 bits per heavy atom. The maximum absolute atomic E-state index is 14.0. The van der Waals surface area contributed by atoms with Crippen molar-refractivity contribution in [1.82, 2.24) is 10.2 Å². The van der Waals surface area contributed by atoms with E-state index in [-0.39, 0.29) is 42.3 Å². The number of nitrogens with zero attached hydrogens (tertiary/aromatic N) is 2. The van der Waals surface area contributed by atoms with Gasteiger partial charge in [-0.05, 0) is 29.8 Å². The highest BCUT2D eigenvalue weighted by atomic mass is 19.1. The number of carbonyl (C=O) groups is 2. The number of rotatable bonds is 3. The van der Waals surface area contributed by atoms with Crippen LogP contribution in [-0.2, 0) is 9.59 Å². The second kappa shape index (κ2) is 7.67. The van der Waals surface area contributed by atoms with Gasteiger partial charge in [-0.3, -0.25) is 9.59 Å². The lowest BCUT2D eigenvalue weighted by molar-refractivity contribution is -0.137. The van der Waals surface area contributed by atoms with E-state index in [1.807, 2.05) is 6.07 Å². The fraction of sp³-hybridized carbons (Fsp3) is 0.333. The fourth-order valence-electron chi connectivity index (χ4n) is 3.93. The molecule has 2 amide bonds. The normalized spacial score (nSPS) is 22.6. The molecule has 0 aromatic heterocycles. The van der Waals surface area contributed by atoms with Crippen LogP contribution in [0.3, 0.4) is 0 Å². The molecule has 0 spiro atoms. The van der Waals surface area contributed by atoms with Crippen LogP contribution in [0.1, 0.15) is 18.0 Å². The van der Waals surface area contributed by atoms with Gasteiger partial charge in [0.05, 0.1) is 17.6 Å². The number of benzene rings is 2. The number of nitrogens with one attached hydrogen (secondary N) is 1. The number of hydrogen-bond acceptors (Lipinski definition) is 3. The van der Waals surface area contributed by atoms with E-state index in [2.05, 4.69) is 5.32 Å². The molecule has 2 aromatic rings. The lowest BCUT2D eigenvalue weighted by Gasteiger charge is -2.35. The van der Waals surface area contributed by atoms with Gasteiger partial charge in [0.1, 0.15) is 11.6 Å². The minimum atomic E-state index is -0.502. The summed E-state index contributed by atoms with van der Waals surface area (Å²) in [5, 5.41) is 3.30. The zero-order chi connectivity index (χ0) is 19.7. The third kappa shape index (κ3) is 3.62. The maximum atomic E-state index is 14.0. The Kier molecular flexibility index (Phi) is 5.09. The quantitative estimate of drug-likeness (QED) is 0.883. The molecule has 5 nitrogen and oxygen atoms in total. The van der Waals surface area contributed by atoms with Gasteiger partial charge >= 0.3 is 0 Å². The summed E-state index contributed by atoms with van der Waals surface area (Å²) in [5.41, 5.74) is 0.994. The van der Waals surface area contributed by atoms with E-state index in [0.717, 1.165) is 5.56 Å². The van der Waals surface area contributed by atoms with Gasteiger partial charge in [-0.2, -0.15) is 0 Å². The average Bonchev–Trinajstić information content (AvgIpc) is 3.09. The van der Waals surface area contributed by atoms with Crippen LogP contribution >= 0.6 is 0 Å². The van der Waals surface area contributed by atoms with Gasteiger partial charge in [0, 0.05) is 32.6 Å². The van der Waals surface area contributed by atoms with Crippen LogP contribution in [0.15, 0.2) is 48.5 Å². The minimum Gasteiger partial charge on any atom is -0.339 e. The molecule has 2 heterocycles. The summed E-state index contributed by atoms with van der Waals surface area (Å²) in [6.07, 6.45) is 0.0712. The average molecular weight is 385 g/mol. The van der Waals surface area contributed by atoms with Crippen molar-refractivity contribution in [1.29, 1.82) is 0 Å². The number of amides is 2. The molecule has 1 N–H and O–H groups in total. The van der Waals surface area contributed by atoms with Crippen LogP contribution < -0.4 is 10.2 Å². The van der Waals surface area contributed by atoms with E-state index in [0.29, 0.717) is 19.6 Å². The van der Waals surface area contributed by atoms with Gasteiger partial charge in [-0.15, -0.1) is 0 Å². The molecule has 2 aliphatic heterocycles. The predicted molar refractivity (Wildman–Crippen MR) is 101 cm³/mol. The summed E-state index contributed by atoms with van der Waals surface area (Å²) in [6, 6.07) is 12.2. The van der Waals surface area contributed by atoms with Gasteiger partial charge in [-0.25, -0.2) is 8.78 Å². The monoisotopic (exact) mass is 385 g/mol. The van der Waals surface area contributed by atoms with Gasteiger partial charge in [0.2, 0.25) is 11.8 Å². The van der Waals surface area contributed by atoms with Crippen molar-refractivity contribution in [3.8, 4) is 0 Å². The first kappa shape index (κ1) is 18.6. The van der Waals surface area contributed by atoms with Gasteiger partial charge < -0.3 is 15.1 Å². The van der Waals surface area contributed by atoms with Crippen molar-refractivity contribution in [2.24, 2.45) is 5.92 Å². The van der Waals surface area contributed by atoms with Crippen molar-refractivity contribution in [2.45, 2.75) is 12.5 Å². The molecule has 146 valence electrons. The third-order valence-electron chi connectivity index (χ3n) is 5.36. The third-order valence-corrected chi connectivity index (χ3v) is 5.36. The number of halogens is 2. The molecule has 4 rings (SSSR count). The smallest absolute Gasteiger partial charge is 0.228 e. The molecule has 2 atom stereocenters. The first-order chi connectivity index (χ1) is 13.5. The second-order valence-corrected chi connectivity index (χ2v) is 7.20. The molecule has 2 fully saturated rings. The number of para-hydroxylation sites is 1. The van der Waals surface area contributed by atoms with Gasteiger partial charge in [0.25, 0.3) is 0 Å². The van der Waals surface area contributed by atoms with Crippen LogP contribution in [0.4, 0.5) is 14.5 Å². The van der Waals surface area contributed by atoms with Crippen LogP contribution in [0, 0.1) is 17.6 Å². The number of anilines is 1. The summed E-state index contributed by atoms with van der Waals surface area (Å²) in [7, 11) is 0. The van der Waals surface area contributed by atoms with E-state index < -0.39 is 11.7 Å². The van der Waals surface area contributed by atoms with E-state index in [9.17, 15) is 18.4 Å². The van der Waals surface area contributed by atoms with E-state index in [1.165, 1.54) is 23.1 Å². The minimum absolute atomic E-state index is 0.0712. The lowest BCUT2D eigenvalue weighted by atomic mass is 10.0.